The van der Waals surface area contributed by atoms with Gasteiger partial charge in [-0.2, -0.15) is 0 Å². The van der Waals surface area contributed by atoms with E-state index in [1.54, 1.807) is 0 Å². The average Bonchev–Trinajstić information content (AvgIpc) is 3.01. The smallest absolute Gasteiger partial charge is 0.256 e. The third-order valence-corrected chi connectivity index (χ3v) is 4.81. The van der Waals surface area contributed by atoms with Crippen LogP contribution in [-0.4, -0.2) is 35.6 Å². The summed E-state index contributed by atoms with van der Waals surface area (Å²) < 4.78 is 5.35. The zero-order valence-corrected chi connectivity index (χ0v) is 16.8. The van der Waals surface area contributed by atoms with Gasteiger partial charge in [0.15, 0.2) is 5.76 Å². The lowest BCUT2D eigenvalue weighted by atomic mass is 10.0. The van der Waals surface area contributed by atoms with Crippen LogP contribution in [0.15, 0.2) is 28.8 Å². The zero-order chi connectivity index (χ0) is 19.3. The first kappa shape index (κ1) is 20.2. The fourth-order valence-corrected chi connectivity index (χ4v) is 3.25. The van der Waals surface area contributed by atoms with Gasteiger partial charge in [0.1, 0.15) is 5.56 Å². The van der Waals surface area contributed by atoms with Crippen LogP contribution >= 0.6 is 0 Å². The number of hydrogen-bond acceptors (Lipinski definition) is 4. The summed E-state index contributed by atoms with van der Waals surface area (Å²) >= 11 is 0. The topological polar surface area (TPSA) is 58.4 Å². The molecule has 2 aromatic rings. The van der Waals surface area contributed by atoms with Crippen LogP contribution in [0.2, 0.25) is 0 Å². The Morgan fingerprint density at radius 3 is 2.31 bits per heavy atom. The van der Waals surface area contributed by atoms with Crippen molar-refractivity contribution in [3.05, 3.63) is 52.4 Å². The van der Waals surface area contributed by atoms with E-state index in [-0.39, 0.29) is 17.9 Å². The largest absolute Gasteiger partial charge is 0.360 e. The van der Waals surface area contributed by atoms with Gasteiger partial charge in [-0.25, -0.2) is 0 Å². The van der Waals surface area contributed by atoms with Gasteiger partial charge in [0.25, 0.3) is 5.91 Å². The fourth-order valence-electron chi connectivity index (χ4n) is 3.25. The molecule has 5 nitrogen and oxygen atoms in total. The van der Waals surface area contributed by atoms with Crippen molar-refractivity contribution >= 4 is 5.91 Å². The summed E-state index contributed by atoms with van der Waals surface area (Å²) in [7, 11) is 0. The maximum absolute atomic E-state index is 12.8. The van der Waals surface area contributed by atoms with Gasteiger partial charge in [-0.1, -0.05) is 62.7 Å². The third kappa shape index (κ3) is 4.52. The van der Waals surface area contributed by atoms with E-state index in [2.05, 4.69) is 60.4 Å². The Morgan fingerprint density at radius 2 is 1.77 bits per heavy atom. The highest BCUT2D eigenvalue weighted by atomic mass is 16.5. The van der Waals surface area contributed by atoms with Crippen molar-refractivity contribution in [2.75, 3.05) is 19.6 Å². The minimum Gasteiger partial charge on any atom is -0.360 e. The monoisotopic (exact) mass is 357 g/mol. The van der Waals surface area contributed by atoms with Crippen molar-refractivity contribution in [2.24, 2.45) is 0 Å². The van der Waals surface area contributed by atoms with Crippen LogP contribution in [0.5, 0.6) is 0 Å². The highest BCUT2D eigenvalue weighted by molar-refractivity contribution is 5.96. The molecule has 0 fully saturated rings. The number of nitrogens with one attached hydrogen (secondary N) is 1. The van der Waals surface area contributed by atoms with Gasteiger partial charge >= 0.3 is 0 Å². The first-order chi connectivity index (χ1) is 12.4. The number of aromatic nitrogens is 1. The standard InChI is InChI=1S/C21H31N3O2/c1-7-24(8-2)18(17-11-9-15(5)10-12-17)13-22-21(25)19-16(6)23-26-20(19)14(3)4/h9-12,14,18H,7-8,13H2,1-6H3,(H,22,25). The molecule has 1 unspecified atom stereocenters. The maximum atomic E-state index is 12.8. The molecule has 5 heteroatoms. The lowest BCUT2D eigenvalue weighted by molar-refractivity contribution is 0.0932. The molecule has 26 heavy (non-hydrogen) atoms. The number of aryl methyl sites for hydroxylation is 2. The van der Waals surface area contributed by atoms with Crippen LogP contribution in [0.25, 0.3) is 0 Å². The molecule has 0 aliphatic rings. The van der Waals surface area contributed by atoms with Crippen molar-refractivity contribution < 1.29 is 9.32 Å². The maximum Gasteiger partial charge on any atom is 0.256 e. The molecule has 0 bridgehead atoms. The van der Waals surface area contributed by atoms with Crippen LogP contribution in [0.1, 0.15) is 72.6 Å². The van der Waals surface area contributed by atoms with Gasteiger partial charge in [-0.05, 0) is 32.5 Å². The van der Waals surface area contributed by atoms with Gasteiger partial charge in [0, 0.05) is 12.5 Å². The molecule has 0 radical (unpaired) electrons. The number of rotatable bonds is 8. The molecule has 1 amide bonds. The summed E-state index contributed by atoms with van der Waals surface area (Å²) in [6.07, 6.45) is 0. The summed E-state index contributed by atoms with van der Waals surface area (Å²) in [6, 6.07) is 8.67. The van der Waals surface area contributed by atoms with E-state index in [0.717, 1.165) is 13.1 Å². The summed E-state index contributed by atoms with van der Waals surface area (Å²) in [5.41, 5.74) is 3.66. The van der Waals surface area contributed by atoms with Gasteiger partial charge in [0.05, 0.1) is 11.7 Å². The van der Waals surface area contributed by atoms with Crippen molar-refractivity contribution in [3.63, 3.8) is 0 Å². The molecule has 142 valence electrons. The van der Waals surface area contributed by atoms with Crippen molar-refractivity contribution in [3.8, 4) is 0 Å². The van der Waals surface area contributed by atoms with E-state index in [4.69, 9.17) is 4.52 Å². The lowest BCUT2D eigenvalue weighted by Gasteiger charge is -2.30. The SMILES string of the molecule is CCN(CC)C(CNC(=O)c1c(C)noc1C(C)C)c1ccc(C)cc1. The second-order valence-electron chi connectivity index (χ2n) is 7.02. The molecule has 1 atom stereocenters. The number of benzene rings is 1. The number of hydrogen-bond donors (Lipinski definition) is 1. The molecule has 1 aromatic carbocycles. The molecular formula is C21H31N3O2. The average molecular weight is 357 g/mol. The predicted octanol–water partition coefficient (Wildman–Crippen LogP) is 4.23. The first-order valence-electron chi connectivity index (χ1n) is 9.43. The second-order valence-corrected chi connectivity index (χ2v) is 7.02. The first-order valence-corrected chi connectivity index (χ1v) is 9.43. The van der Waals surface area contributed by atoms with E-state index in [0.29, 0.717) is 23.6 Å². The predicted molar refractivity (Wildman–Crippen MR) is 105 cm³/mol. The molecule has 0 saturated heterocycles. The van der Waals surface area contributed by atoms with Gasteiger partial charge < -0.3 is 9.84 Å². The lowest BCUT2D eigenvalue weighted by Crippen LogP contribution is -2.38. The number of likely N-dealkylation sites (N-methyl/N-ethyl adjacent to an activating group) is 1. The summed E-state index contributed by atoms with van der Waals surface area (Å²) in [5.74, 6) is 0.652. The fraction of sp³-hybridized carbons (Fsp3) is 0.524. The third-order valence-electron chi connectivity index (χ3n) is 4.81. The second kappa shape index (κ2) is 8.99. The molecular weight excluding hydrogens is 326 g/mol. The quantitative estimate of drug-likeness (QED) is 0.768. The van der Waals surface area contributed by atoms with Crippen molar-refractivity contribution in [1.29, 1.82) is 0 Å². The summed E-state index contributed by atoms with van der Waals surface area (Å²) in [4.78, 5) is 15.2. The number of carbonyl (C=O) groups is 1. The van der Waals surface area contributed by atoms with E-state index in [1.807, 2.05) is 20.8 Å². The van der Waals surface area contributed by atoms with Crippen LogP contribution < -0.4 is 5.32 Å². The Hall–Kier alpha value is -2.14. The Kier molecular flexibility index (Phi) is 6.98. The molecule has 2 rings (SSSR count). The van der Waals surface area contributed by atoms with Crippen LogP contribution in [0, 0.1) is 13.8 Å². The van der Waals surface area contributed by atoms with Crippen molar-refractivity contribution in [1.82, 2.24) is 15.4 Å². The number of nitrogens with zero attached hydrogens (tertiary/aromatic N) is 2. The van der Waals surface area contributed by atoms with Gasteiger partial charge in [-0.3, -0.25) is 9.69 Å². The molecule has 1 N–H and O–H groups in total. The number of carbonyl (C=O) groups excluding carboxylic acids is 1. The van der Waals surface area contributed by atoms with E-state index < -0.39 is 0 Å². The summed E-state index contributed by atoms with van der Waals surface area (Å²) in [6.45, 7) is 14.6. The highest BCUT2D eigenvalue weighted by Crippen LogP contribution is 2.23. The Morgan fingerprint density at radius 1 is 1.15 bits per heavy atom. The minimum atomic E-state index is -0.114. The van der Waals surface area contributed by atoms with Crippen LogP contribution in [-0.2, 0) is 0 Å². The summed E-state index contributed by atoms with van der Waals surface area (Å²) in [5, 5.41) is 7.08. The molecule has 0 spiro atoms. The van der Waals surface area contributed by atoms with E-state index >= 15 is 0 Å². The van der Waals surface area contributed by atoms with Gasteiger partial charge in [0.2, 0.25) is 0 Å². The van der Waals surface area contributed by atoms with Crippen LogP contribution in [0.3, 0.4) is 0 Å². The Bertz CT molecular complexity index is 715. The number of amides is 1. The molecule has 0 saturated carbocycles. The van der Waals surface area contributed by atoms with Gasteiger partial charge in [-0.15, -0.1) is 0 Å². The molecule has 0 aliphatic carbocycles. The molecule has 1 aromatic heterocycles. The highest BCUT2D eigenvalue weighted by Gasteiger charge is 2.24. The minimum absolute atomic E-state index is 0.114. The normalized spacial score (nSPS) is 12.6. The molecule has 1 heterocycles. The Balaban J connectivity index is 2.20. The zero-order valence-electron chi connectivity index (χ0n) is 16.8. The van der Waals surface area contributed by atoms with E-state index in [9.17, 15) is 4.79 Å². The Labute approximate surface area is 156 Å². The van der Waals surface area contributed by atoms with Crippen molar-refractivity contribution in [2.45, 2.75) is 53.5 Å². The van der Waals surface area contributed by atoms with Crippen LogP contribution in [0.4, 0.5) is 0 Å². The van der Waals surface area contributed by atoms with E-state index in [1.165, 1.54) is 11.1 Å². The molecule has 0 aliphatic heterocycles.